The largest absolute Gasteiger partial charge is 0.326 e. The van der Waals surface area contributed by atoms with Gasteiger partial charge in [0.1, 0.15) is 5.37 Å². The number of aryl methyl sites for hydroxylation is 1. The second-order valence-electron chi connectivity index (χ2n) is 5.57. The lowest BCUT2D eigenvalue weighted by atomic mass is 10.1. The van der Waals surface area contributed by atoms with Gasteiger partial charge >= 0.3 is 0 Å². The van der Waals surface area contributed by atoms with Gasteiger partial charge < -0.3 is 5.32 Å². The number of thioether (sulfide) groups is 1. The number of nitrogens with zero attached hydrogens (tertiary/aromatic N) is 1. The number of hydrogen-bond acceptors (Lipinski definition) is 3. The normalized spacial score (nSPS) is 17.4. The molecular weight excluding hydrogens is 308 g/mol. The van der Waals surface area contributed by atoms with Gasteiger partial charge in [0, 0.05) is 18.3 Å². The Kier molecular flexibility index (Phi) is 4.39. The van der Waals surface area contributed by atoms with Crippen molar-refractivity contribution < 1.29 is 9.59 Å². The minimum Gasteiger partial charge on any atom is -0.326 e. The lowest BCUT2D eigenvalue weighted by Crippen LogP contribution is -2.27. The predicted octanol–water partition coefficient (Wildman–Crippen LogP) is 3.73. The van der Waals surface area contributed by atoms with Crippen LogP contribution in [0.3, 0.4) is 0 Å². The molecule has 2 amide bonds. The third-order valence-corrected chi connectivity index (χ3v) is 4.91. The van der Waals surface area contributed by atoms with Crippen LogP contribution in [-0.4, -0.2) is 17.6 Å². The number of carbonyl (C=O) groups excluding carboxylic acids is 2. The Morgan fingerprint density at radius 2 is 1.78 bits per heavy atom. The lowest BCUT2D eigenvalue weighted by molar-refractivity contribution is -0.116. The van der Waals surface area contributed by atoms with Crippen molar-refractivity contribution in [3.63, 3.8) is 0 Å². The van der Waals surface area contributed by atoms with E-state index in [9.17, 15) is 9.59 Å². The molecule has 2 aromatic rings. The van der Waals surface area contributed by atoms with Gasteiger partial charge in [-0.05, 0) is 36.8 Å². The molecule has 0 spiro atoms. The second-order valence-corrected chi connectivity index (χ2v) is 6.63. The Morgan fingerprint density at radius 3 is 2.39 bits per heavy atom. The first-order chi connectivity index (χ1) is 11.0. The summed E-state index contributed by atoms with van der Waals surface area (Å²) in [5.74, 6) is 0.505. The summed E-state index contributed by atoms with van der Waals surface area (Å²) in [6.45, 7) is 3.51. The maximum atomic E-state index is 12.3. The summed E-state index contributed by atoms with van der Waals surface area (Å²) in [4.78, 5) is 25.2. The van der Waals surface area contributed by atoms with Crippen LogP contribution >= 0.6 is 11.8 Å². The molecule has 1 atom stereocenters. The number of amides is 2. The molecule has 0 bridgehead atoms. The molecule has 1 fully saturated rings. The Bertz CT molecular complexity index is 726. The topological polar surface area (TPSA) is 49.4 Å². The molecule has 3 rings (SSSR count). The van der Waals surface area contributed by atoms with Gasteiger partial charge in [0.15, 0.2) is 0 Å². The highest BCUT2D eigenvalue weighted by Crippen LogP contribution is 2.41. The smallest absolute Gasteiger partial charge is 0.238 e. The minimum atomic E-state index is -0.0931. The molecule has 1 N–H and O–H groups in total. The van der Waals surface area contributed by atoms with E-state index in [0.29, 0.717) is 5.75 Å². The zero-order valence-corrected chi connectivity index (χ0v) is 13.9. The standard InChI is InChI=1S/C18H18N2O2S/c1-12-3-9-16(10-4-12)20-17(22)11-23-18(20)14-5-7-15(8-6-14)19-13(2)21/h3-10,18H,11H2,1-2H3,(H,19,21)/t18-/m1/s1. The molecular formula is C18H18N2O2S. The van der Waals surface area contributed by atoms with Crippen molar-refractivity contribution in [1.29, 1.82) is 0 Å². The van der Waals surface area contributed by atoms with Crippen molar-refractivity contribution in [2.75, 3.05) is 16.0 Å². The fourth-order valence-corrected chi connectivity index (χ4v) is 3.77. The van der Waals surface area contributed by atoms with Crippen LogP contribution in [0.5, 0.6) is 0 Å². The fraction of sp³-hybridized carbons (Fsp3) is 0.222. The maximum Gasteiger partial charge on any atom is 0.238 e. The van der Waals surface area contributed by atoms with E-state index in [1.165, 1.54) is 12.5 Å². The van der Waals surface area contributed by atoms with Crippen molar-refractivity contribution in [3.05, 3.63) is 59.7 Å². The van der Waals surface area contributed by atoms with E-state index >= 15 is 0 Å². The van der Waals surface area contributed by atoms with Crippen molar-refractivity contribution in [2.45, 2.75) is 19.2 Å². The monoisotopic (exact) mass is 326 g/mol. The number of carbonyl (C=O) groups is 2. The molecule has 1 heterocycles. The first kappa shape index (κ1) is 15.6. The highest BCUT2D eigenvalue weighted by atomic mass is 32.2. The van der Waals surface area contributed by atoms with Crippen LogP contribution in [-0.2, 0) is 9.59 Å². The lowest BCUT2D eigenvalue weighted by Gasteiger charge is -2.24. The molecule has 4 nitrogen and oxygen atoms in total. The molecule has 118 valence electrons. The quantitative estimate of drug-likeness (QED) is 0.935. The van der Waals surface area contributed by atoms with Gasteiger partial charge in [-0.25, -0.2) is 0 Å². The van der Waals surface area contributed by atoms with E-state index in [1.54, 1.807) is 11.8 Å². The van der Waals surface area contributed by atoms with E-state index in [1.807, 2.05) is 60.4 Å². The Morgan fingerprint density at radius 1 is 1.13 bits per heavy atom. The van der Waals surface area contributed by atoms with Crippen molar-refractivity contribution in [3.8, 4) is 0 Å². The molecule has 0 radical (unpaired) electrons. The van der Waals surface area contributed by atoms with Crippen LogP contribution in [0.4, 0.5) is 11.4 Å². The summed E-state index contributed by atoms with van der Waals surface area (Å²) in [5, 5.41) is 2.72. The number of rotatable bonds is 3. The van der Waals surface area contributed by atoms with Crippen LogP contribution in [0.25, 0.3) is 0 Å². The number of nitrogens with one attached hydrogen (secondary N) is 1. The van der Waals surface area contributed by atoms with Gasteiger partial charge in [-0.15, -0.1) is 11.8 Å². The first-order valence-corrected chi connectivity index (χ1v) is 8.47. The highest BCUT2D eigenvalue weighted by molar-refractivity contribution is 8.00. The second kappa shape index (κ2) is 6.46. The van der Waals surface area contributed by atoms with E-state index in [4.69, 9.17) is 0 Å². The van der Waals surface area contributed by atoms with Crippen molar-refractivity contribution >= 4 is 35.0 Å². The van der Waals surface area contributed by atoms with Crippen molar-refractivity contribution in [2.24, 2.45) is 0 Å². The molecule has 0 saturated carbocycles. The van der Waals surface area contributed by atoms with Crippen LogP contribution in [0.1, 0.15) is 23.4 Å². The predicted molar refractivity (Wildman–Crippen MR) is 94.6 cm³/mol. The molecule has 23 heavy (non-hydrogen) atoms. The number of anilines is 2. The van der Waals surface area contributed by atoms with Gasteiger partial charge in [0.2, 0.25) is 11.8 Å². The third-order valence-electron chi connectivity index (χ3n) is 3.70. The molecule has 2 aromatic carbocycles. The zero-order valence-electron chi connectivity index (χ0n) is 13.1. The van der Waals surface area contributed by atoms with E-state index in [-0.39, 0.29) is 17.2 Å². The Labute approximate surface area is 139 Å². The average molecular weight is 326 g/mol. The number of benzene rings is 2. The summed E-state index contributed by atoms with van der Waals surface area (Å²) in [6.07, 6.45) is 0. The summed E-state index contributed by atoms with van der Waals surface area (Å²) in [7, 11) is 0. The highest BCUT2D eigenvalue weighted by Gasteiger charge is 2.33. The number of hydrogen-bond donors (Lipinski definition) is 1. The third kappa shape index (κ3) is 3.40. The zero-order chi connectivity index (χ0) is 16.4. The molecule has 0 aliphatic carbocycles. The molecule has 1 aliphatic heterocycles. The minimum absolute atomic E-state index is 0.0309. The summed E-state index contributed by atoms with van der Waals surface area (Å²) in [5.41, 5.74) is 3.90. The van der Waals surface area contributed by atoms with E-state index < -0.39 is 0 Å². The SMILES string of the molecule is CC(=O)Nc1ccc([C@H]2SCC(=O)N2c2ccc(C)cc2)cc1. The first-order valence-electron chi connectivity index (χ1n) is 7.42. The molecule has 0 unspecified atom stereocenters. The summed E-state index contributed by atoms with van der Waals surface area (Å²) >= 11 is 1.62. The molecule has 1 aliphatic rings. The molecule has 5 heteroatoms. The molecule has 1 saturated heterocycles. The van der Waals surface area contributed by atoms with Gasteiger partial charge in [0.05, 0.1) is 5.75 Å². The van der Waals surface area contributed by atoms with Gasteiger partial charge in [-0.2, -0.15) is 0 Å². The van der Waals surface area contributed by atoms with E-state index in [2.05, 4.69) is 5.32 Å². The maximum absolute atomic E-state index is 12.3. The summed E-state index contributed by atoms with van der Waals surface area (Å²) < 4.78 is 0. The Balaban J connectivity index is 1.87. The van der Waals surface area contributed by atoms with Gasteiger partial charge in [-0.1, -0.05) is 29.8 Å². The van der Waals surface area contributed by atoms with Crippen LogP contribution in [0.15, 0.2) is 48.5 Å². The summed E-state index contributed by atoms with van der Waals surface area (Å²) in [6, 6.07) is 15.7. The van der Waals surface area contributed by atoms with Crippen molar-refractivity contribution in [1.82, 2.24) is 0 Å². The van der Waals surface area contributed by atoms with Crippen LogP contribution in [0.2, 0.25) is 0 Å². The Hall–Kier alpha value is -2.27. The van der Waals surface area contributed by atoms with Gasteiger partial charge in [-0.3, -0.25) is 14.5 Å². The fourth-order valence-electron chi connectivity index (χ4n) is 2.59. The van der Waals surface area contributed by atoms with Crippen LogP contribution in [0, 0.1) is 6.92 Å². The molecule has 0 aromatic heterocycles. The average Bonchev–Trinajstić information content (AvgIpc) is 2.90. The van der Waals surface area contributed by atoms with E-state index in [0.717, 1.165) is 16.9 Å². The van der Waals surface area contributed by atoms with Gasteiger partial charge in [0.25, 0.3) is 0 Å². The van der Waals surface area contributed by atoms with Crippen LogP contribution < -0.4 is 10.2 Å².